The number of amides is 2. The van der Waals surface area contributed by atoms with Gasteiger partial charge in [-0.25, -0.2) is 15.0 Å². The molecule has 1 unspecified atom stereocenters. The number of likely N-dealkylation sites (tertiary alicyclic amines) is 1. The summed E-state index contributed by atoms with van der Waals surface area (Å²) in [5.41, 5.74) is 1.73. The van der Waals surface area contributed by atoms with Gasteiger partial charge in [-0.15, -0.1) is 11.3 Å². The quantitative estimate of drug-likeness (QED) is 0.744. The first-order valence-corrected chi connectivity index (χ1v) is 10.9. The Balaban J connectivity index is 1.28. The van der Waals surface area contributed by atoms with Crippen molar-refractivity contribution in [1.82, 2.24) is 19.9 Å². The van der Waals surface area contributed by atoms with E-state index in [2.05, 4.69) is 15.0 Å². The summed E-state index contributed by atoms with van der Waals surface area (Å²) < 4.78 is 6.23. The second-order valence-corrected chi connectivity index (χ2v) is 8.80. The lowest BCUT2D eigenvalue weighted by Gasteiger charge is -2.44. The van der Waals surface area contributed by atoms with E-state index in [9.17, 15) is 9.59 Å². The lowest BCUT2D eigenvalue weighted by atomic mass is 9.83. The zero-order valence-electron chi connectivity index (χ0n) is 16.3. The summed E-state index contributed by atoms with van der Waals surface area (Å²) in [7, 11) is 0. The average molecular weight is 414 g/mol. The van der Waals surface area contributed by atoms with Crippen LogP contribution >= 0.6 is 11.3 Å². The van der Waals surface area contributed by atoms with Crippen LogP contribution in [-0.4, -0.2) is 57.9 Å². The van der Waals surface area contributed by atoms with Crippen LogP contribution in [-0.2, 0) is 26.3 Å². The number of aromatic nitrogens is 3. The van der Waals surface area contributed by atoms with Crippen LogP contribution in [0, 0.1) is 12.8 Å². The highest BCUT2D eigenvalue weighted by molar-refractivity contribution is 7.13. The molecule has 1 atom stereocenters. The number of anilines is 1. The zero-order valence-corrected chi connectivity index (χ0v) is 17.2. The van der Waals surface area contributed by atoms with Crippen LogP contribution < -0.4 is 4.90 Å². The standard InChI is InChI=1S/C20H23N5O3S/c1-13-22-11-14-2-8-28-20(17(14)23-13)3-6-24(7-4-20)18(27)15-10-16(26)25(12-15)19-21-5-9-29-19/h5,9,11,15H,2-4,6-8,10,12H2,1H3. The molecule has 5 rings (SSSR count). The molecule has 152 valence electrons. The Morgan fingerprint density at radius 2 is 2.14 bits per heavy atom. The van der Waals surface area contributed by atoms with Crippen LogP contribution in [0.4, 0.5) is 5.13 Å². The Bertz CT molecular complexity index is 940. The number of fused-ring (bicyclic) bond motifs is 2. The van der Waals surface area contributed by atoms with E-state index in [0.29, 0.717) is 31.4 Å². The number of carbonyl (C=O) groups is 2. The molecule has 0 N–H and O–H groups in total. The Hall–Kier alpha value is -2.39. The van der Waals surface area contributed by atoms with Crippen molar-refractivity contribution in [2.75, 3.05) is 31.1 Å². The summed E-state index contributed by atoms with van der Waals surface area (Å²) in [4.78, 5) is 42.2. The van der Waals surface area contributed by atoms with Crippen LogP contribution in [0.2, 0.25) is 0 Å². The first kappa shape index (κ1) is 18.6. The van der Waals surface area contributed by atoms with Crippen molar-refractivity contribution in [3.8, 4) is 0 Å². The third-order valence-corrected chi connectivity index (χ3v) is 6.97. The molecule has 3 aliphatic rings. The molecule has 2 fully saturated rings. The summed E-state index contributed by atoms with van der Waals surface area (Å²) in [6.07, 6.45) is 6.12. The van der Waals surface area contributed by atoms with Gasteiger partial charge in [0.15, 0.2) is 5.13 Å². The van der Waals surface area contributed by atoms with Crippen molar-refractivity contribution in [1.29, 1.82) is 0 Å². The van der Waals surface area contributed by atoms with Crippen molar-refractivity contribution in [3.63, 3.8) is 0 Å². The predicted octanol–water partition coefficient (Wildman–Crippen LogP) is 1.69. The first-order chi connectivity index (χ1) is 14.1. The van der Waals surface area contributed by atoms with E-state index in [4.69, 9.17) is 4.74 Å². The molecule has 3 aliphatic heterocycles. The Morgan fingerprint density at radius 1 is 1.31 bits per heavy atom. The van der Waals surface area contributed by atoms with Gasteiger partial charge in [-0.1, -0.05) is 0 Å². The largest absolute Gasteiger partial charge is 0.368 e. The third kappa shape index (κ3) is 3.22. The third-order valence-electron chi connectivity index (χ3n) is 6.17. The van der Waals surface area contributed by atoms with Gasteiger partial charge < -0.3 is 9.64 Å². The molecular weight excluding hydrogens is 390 g/mol. The molecule has 2 saturated heterocycles. The van der Waals surface area contributed by atoms with Crippen molar-refractivity contribution < 1.29 is 14.3 Å². The highest BCUT2D eigenvalue weighted by Gasteiger charge is 2.45. The smallest absolute Gasteiger partial charge is 0.229 e. The summed E-state index contributed by atoms with van der Waals surface area (Å²) in [5.74, 6) is 0.481. The normalized spacial score (nSPS) is 23.5. The van der Waals surface area contributed by atoms with E-state index >= 15 is 0 Å². The predicted molar refractivity (Wildman–Crippen MR) is 106 cm³/mol. The van der Waals surface area contributed by atoms with Crippen LogP contribution in [0.3, 0.4) is 0 Å². The molecule has 9 heteroatoms. The molecular formula is C20H23N5O3S. The highest BCUT2D eigenvalue weighted by Crippen LogP contribution is 2.41. The van der Waals surface area contributed by atoms with Crippen molar-refractivity contribution in [3.05, 3.63) is 34.9 Å². The summed E-state index contributed by atoms with van der Waals surface area (Å²) in [6, 6.07) is 0. The fourth-order valence-electron chi connectivity index (χ4n) is 4.63. The minimum atomic E-state index is -0.420. The molecule has 29 heavy (non-hydrogen) atoms. The Morgan fingerprint density at radius 3 is 2.90 bits per heavy atom. The second kappa shape index (κ2) is 7.14. The minimum absolute atomic E-state index is 0.0245. The first-order valence-electron chi connectivity index (χ1n) is 10.0. The van der Waals surface area contributed by atoms with Gasteiger partial charge >= 0.3 is 0 Å². The van der Waals surface area contributed by atoms with Crippen LogP contribution in [0.25, 0.3) is 0 Å². The average Bonchev–Trinajstić information content (AvgIpc) is 3.38. The maximum absolute atomic E-state index is 13.1. The number of nitrogens with zero attached hydrogens (tertiary/aromatic N) is 5. The van der Waals surface area contributed by atoms with E-state index in [1.54, 1.807) is 11.1 Å². The highest BCUT2D eigenvalue weighted by atomic mass is 32.1. The second-order valence-electron chi connectivity index (χ2n) is 7.93. The molecule has 0 bridgehead atoms. The van der Waals surface area contributed by atoms with Gasteiger partial charge in [-0.2, -0.15) is 0 Å². The van der Waals surface area contributed by atoms with Gasteiger partial charge in [0.05, 0.1) is 18.2 Å². The van der Waals surface area contributed by atoms with Crippen molar-refractivity contribution in [2.24, 2.45) is 5.92 Å². The van der Waals surface area contributed by atoms with Gasteiger partial charge in [0.25, 0.3) is 0 Å². The molecule has 0 aromatic carbocycles. The van der Waals surface area contributed by atoms with Crippen molar-refractivity contribution >= 4 is 28.3 Å². The molecule has 2 aromatic rings. The van der Waals surface area contributed by atoms with Gasteiger partial charge in [0.1, 0.15) is 11.4 Å². The van der Waals surface area contributed by atoms with E-state index in [0.717, 1.165) is 36.3 Å². The van der Waals surface area contributed by atoms with E-state index < -0.39 is 5.60 Å². The number of carbonyl (C=O) groups excluding carboxylic acids is 2. The van der Waals surface area contributed by atoms with Crippen LogP contribution in [0.15, 0.2) is 17.8 Å². The van der Waals surface area contributed by atoms with Crippen LogP contribution in [0.1, 0.15) is 36.3 Å². The molecule has 0 saturated carbocycles. The minimum Gasteiger partial charge on any atom is -0.368 e. The van der Waals surface area contributed by atoms with Crippen molar-refractivity contribution in [2.45, 2.75) is 38.2 Å². The summed E-state index contributed by atoms with van der Waals surface area (Å²) in [5, 5.41) is 2.51. The number of hydrogen-bond donors (Lipinski definition) is 0. The lowest BCUT2D eigenvalue weighted by molar-refractivity contribution is -0.145. The van der Waals surface area contributed by atoms with Gasteiger partial charge in [0.2, 0.25) is 11.8 Å². The van der Waals surface area contributed by atoms with Gasteiger partial charge in [-0.3, -0.25) is 14.5 Å². The Kier molecular flexibility index (Phi) is 4.59. The van der Waals surface area contributed by atoms with E-state index in [1.165, 1.54) is 11.3 Å². The zero-order chi connectivity index (χ0) is 20.0. The molecule has 2 aromatic heterocycles. The number of rotatable bonds is 2. The van der Waals surface area contributed by atoms with Gasteiger partial charge in [0, 0.05) is 43.8 Å². The number of thiazole rings is 1. The molecule has 0 radical (unpaired) electrons. The topological polar surface area (TPSA) is 88.5 Å². The number of aryl methyl sites for hydroxylation is 1. The molecule has 0 aliphatic carbocycles. The van der Waals surface area contributed by atoms with Gasteiger partial charge in [-0.05, 0) is 31.7 Å². The molecule has 5 heterocycles. The number of ether oxygens (including phenoxy) is 1. The SMILES string of the molecule is Cc1ncc2c(n1)C1(CCN(C(=O)C3CC(=O)N(c4nccs4)C3)CC1)OCC2. The fourth-order valence-corrected chi connectivity index (χ4v) is 5.30. The summed E-state index contributed by atoms with van der Waals surface area (Å²) in [6.45, 7) is 4.20. The lowest BCUT2D eigenvalue weighted by Crippen LogP contribution is -2.50. The Labute approximate surface area is 172 Å². The van der Waals surface area contributed by atoms with Crippen LogP contribution in [0.5, 0.6) is 0 Å². The van der Waals surface area contributed by atoms with E-state index in [1.807, 2.05) is 23.4 Å². The fraction of sp³-hybridized carbons (Fsp3) is 0.550. The monoisotopic (exact) mass is 413 g/mol. The maximum atomic E-state index is 13.1. The summed E-state index contributed by atoms with van der Waals surface area (Å²) >= 11 is 1.42. The molecule has 1 spiro atoms. The molecule has 8 nitrogen and oxygen atoms in total. The van der Waals surface area contributed by atoms with E-state index in [-0.39, 0.29) is 24.2 Å². The maximum Gasteiger partial charge on any atom is 0.229 e. The number of piperidine rings is 1. The molecule has 2 amide bonds. The number of hydrogen-bond acceptors (Lipinski definition) is 7.